The monoisotopic (exact) mass is 467 g/mol. The number of carbonyl (C=O) groups excluding carboxylic acids is 1. The van der Waals surface area contributed by atoms with E-state index in [4.69, 9.17) is 9.73 Å². The fourth-order valence-corrected chi connectivity index (χ4v) is 5.63. The number of amides is 1. The molecule has 0 spiro atoms. The molecule has 1 aliphatic carbocycles. The fourth-order valence-electron chi connectivity index (χ4n) is 4.47. The van der Waals surface area contributed by atoms with Crippen molar-refractivity contribution >= 4 is 22.8 Å². The Kier molecular flexibility index (Phi) is 5.70. The van der Waals surface area contributed by atoms with Crippen LogP contribution >= 0.6 is 11.8 Å². The number of aromatic nitrogens is 2. The maximum atomic E-state index is 15.0. The second kappa shape index (κ2) is 8.67. The minimum absolute atomic E-state index is 0.0935. The summed E-state index contributed by atoms with van der Waals surface area (Å²) in [7, 11) is 1.85. The lowest BCUT2D eigenvalue weighted by atomic mass is 9.74. The Balaban J connectivity index is 1.50. The molecular formula is C24H21F2N4O2S+. The highest BCUT2D eigenvalue weighted by atomic mass is 32.2. The van der Waals surface area contributed by atoms with Crippen LogP contribution < -0.4 is 5.32 Å². The van der Waals surface area contributed by atoms with E-state index in [0.29, 0.717) is 22.9 Å². The maximum Gasteiger partial charge on any atom is 0.284 e. The van der Waals surface area contributed by atoms with Gasteiger partial charge in [-0.15, -0.1) is 0 Å². The van der Waals surface area contributed by atoms with Gasteiger partial charge in [0.1, 0.15) is 29.3 Å². The predicted octanol–water partition coefficient (Wildman–Crippen LogP) is 3.75. The van der Waals surface area contributed by atoms with E-state index in [2.05, 4.69) is 16.5 Å². The zero-order chi connectivity index (χ0) is 23.0. The third-order valence-corrected chi connectivity index (χ3v) is 7.22. The number of allylic oxidation sites excluding steroid dienone is 4. The van der Waals surface area contributed by atoms with Crippen LogP contribution in [0.2, 0.25) is 0 Å². The summed E-state index contributed by atoms with van der Waals surface area (Å²) in [6.45, 7) is 0.0935. The van der Waals surface area contributed by atoms with Crippen molar-refractivity contribution in [3.8, 4) is 0 Å². The SMILES string of the molecule is Cn1nccc1[C@H]1C[C@H]2CSC(NC(=O)C3=CC=[C+]C=C3)=N[C@@]2(c2ccc(F)cc2F)CO1. The molecule has 0 radical (unpaired) electrons. The van der Waals surface area contributed by atoms with E-state index in [-0.39, 0.29) is 30.1 Å². The Labute approximate surface area is 194 Å². The van der Waals surface area contributed by atoms with Crippen molar-refractivity contribution in [1.29, 1.82) is 0 Å². The van der Waals surface area contributed by atoms with Gasteiger partial charge in [0.05, 0.1) is 30.6 Å². The summed E-state index contributed by atoms with van der Waals surface area (Å²) in [6, 6.07) is 5.42. The van der Waals surface area contributed by atoms with Crippen molar-refractivity contribution in [3.63, 3.8) is 0 Å². The molecule has 33 heavy (non-hydrogen) atoms. The molecule has 1 aromatic carbocycles. The van der Waals surface area contributed by atoms with Crippen LogP contribution in [0.5, 0.6) is 0 Å². The van der Waals surface area contributed by atoms with E-state index < -0.39 is 17.2 Å². The van der Waals surface area contributed by atoms with Gasteiger partial charge in [-0.05, 0) is 18.6 Å². The second-order valence-electron chi connectivity index (χ2n) is 8.13. The number of thioether (sulfide) groups is 1. The van der Waals surface area contributed by atoms with Crippen LogP contribution in [0.15, 0.2) is 65.3 Å². The molecule has 6 nitrogen and oxygen atoms in total. The number of hydrogen-bond donors (Lipinski definition) is 1. The minimum Gasteiger partial charge on any atom is -0.369 e. The van der Waals surface area contributed by atoms with Crippen LogP contribution in [0.1, 0.15) is 23.8 Å². The lowest BCUT2D eigenvalue weighted by Gasteiger charge is -2.46. The summed E-state index contributed by atoms with van der Waals surface area (Å²) in [4.78, 5) is 17.5. The summed E-state index contributed by atoms with van der Waals surface area (Å²) >= 11 is 1.41. The summed E-state index contributed by atoms with van der Waals surface area (Å²) in [6.07, 6.45) is 11.6. The zero-order valence-corrected chi connectivity index (χ0v) is 18.6. The molecule has 2 aliphatic heterocycles. The molecule has 0 saturated carbocycles. The second-order valence-corrected chi connectivity index (χ2v) is 9.14. The first kappa shape index (κ1) is 21.7. The molecule has 0 bridgehead atoms. The van der Waals surface area contributed by atoms with Gasteiger partial charge < -0.3 is 4.74 Å². The van der Waals surface area contributed by atoms with E-state index >= 15 is 4.39 Å². The van der Waals surface area contributed by atoms with Crippen molar-refractivity contribution in [2.24, 2.45) is 18.0 Å². The number of benzene rings is 1. The first-order valence-corrected chi connectivity index (χ1v) is 11.5. The number of hydrogen-bond acceptors (Lipinski definition) is 5. The quantitative estimate of drug-likeness (QED) is 0.699. The van der Waals surface area contributed by atoms with Gasteiger partial charge in [0.25, 0.3) is 5.91 Å². The van der Waals surface area contributed by atoms with Crippen molar-refractivity contribution in [2.45, 2.75) is 18.1 Å². The van der Waals surface area contributed by atoms with Crippen molar-refractivity contribution in [1.82, 2.24) is 15.1 Å². The summed E-state index contributed by atoms with van der Waals surface area (Å²) in [5.41, 5.74) is 0.582. The zero-order valence-electron chi connectivity index (χ0n) is 17.8. The standard InChI is InChI=1S/C24H20F2N4O2S/c1-30-20(9-10-27-30)21-11-16-13-33-23(28-22(31)15-5-3-2-4-6-15)29-24(16,14-32-21)18-8-7-17(25)12-19(18)26/h3-10,12,16,21H,11,13-14H2,1H3/p+1/t16-,21+,24-/m0/s1. The number of halogens is 2. The van der Waals surface area contributed by atoms with Gasteiger partial charge in [-0.3, -0.25) is 14.8 Å². The smallest absolute Gasteiger partial charge is 0.284 e. The Morgan fingerprint density at radius 1 is 1.36 bits per heavy atom. The number of rotatable bonds is 3. The number of aryl methyl sites for hydroxylation is 1. The Morgan fingerprint density at radius 3 is 2.97 bits per heavy atom. The number of amidine groups is 1. The van der Waals surface area contributed by atoms with Crippen molar-refractivity contribution < 1.29 is 18.3 Å². The highest BCUT2D eigenvalue weighted by Gasteiger charge is 2.50. The highest BCUT2D eigenvalue weighted by Crippen LogP contribution is 2.49. The summed E-state index contributed by atoms with van der Waals surface area (Å²) in [5.74, 6) is -1.15. The molecular weight excluding hydrogens is 446 g/mol. The first-order chi connectivity index (χ1) is 16.0. The molecule has 3 atom stereocenters. The molecule has 3 aliphatic rings. The third-order valence-electron chi connectivity index (χ3n) is 6.19. The fraction of sp³-hybridized carbons (Fsp3) is 0.292. The topological polar surface area (TPSA) is 68.5 Å². The molecule has 0 unspecified atom stereocenters. The number of aliphatic imine (C=N–C) groups is 1. The van der Waals surface area contributed by atoms with Crippen LogP contribution in [0, 0.1) is 23.6 Å². The number of nitrogens with one attached hydrogen (secondary N) is 1. The summed E-state index contributed by atoms with van der Waals surface area (Å²) in [5, 5.41) is 7.44. The molecule has 1 N–H and O–H groups in total. The van der Waals surface area contributed by atoms with Crippen molar-refractivity contribution in [2.75, 3.05) is 12.4 Å². The lowest BCUT2D eigenvalue weighted by molar-refractivity contribution is -0.115. The Hall–Kier alpha value is -3.13. The molecule has 1 saturated heterocycles. The van der Waals surface area contributed by atoms with E-state index in [0.717, 1.165) is 11.8 Å². The van der Waals surface area contributed by atoms with Crippen molar-refractivity contribution in [3.05, 3.63) is 89.3 Å². The lowest BCUT2D eigenvalue weighted by Crippen LogP contribution is -2.50. The van der Waals surface area contributed by atoms with Gasteiger partial charge in [0, 0.05) is 42.6 Å². The van der Waals surface area contributed by atoms with Crippen LogP contribution in [-0.4, -0.2) is 33.2 Å². The third kappa shape index (κ3) is 4.04. The van der Waals surface area contributed by atoms with E-state index in [1.54, 1.807) is 35.2 Å². The average Bonchev–Trinajstić information content (AvgIpc) is 3.25. The van der Waals surface area contributed by atoms with Crippen LogP contribution in [0.4, 0.5) is 8.78 Å². The minimum atomic E-state index is -1.08. The normalized spacial score (nSPS) is 26.2. The van der Waals surface area contributed by atoms with E-state index in [9.17, 15) is 9.18 Å². The molecule has 1 aromatic heterocycles. The van der Waals surface area contributed by atoms with Crippen LogP contribution in [0.25, 0.3) is 0 Å². The number of ether oxygens (including phenoxy) is 1. The molecule has 5 rings (SSSR count). The van der Waals surface area contributed by atoms with Gasteiger partial charge in [-0.25, -0.2) is 13.8 Å². The largest absolute Gasteiger partial charge is 0.369 e. The van der Waals surface area contributed by atoms with Crippen LogP contribution in [-0.2, 0) is 22.1 Å². The number of fused-ring (bicyclic) bond motifs is 1. The molecule has 1 amide bonds. The number of carbonyl (C=O) groups is 1. The molecule has 9 heteroatoms. The van der Waals surface area contributed by atoms with Gasteiger partial charge in [-0.2, -0.15) is 5.10 Å². The van der Waals surface area contributed by atoms with Gasteiger partial charge >= 0.3 is 0 Å². The van der Waals surface area contributed by atoms with E-state index in [1.165, 1.54) is 23.9 Å². The molecule has 168 valence electrons. The maximum absolute atomic E-state index is 15.0. The Bertz CT molecular complexity index is 1220. The molecule has 1 fully saturated rings. The summed E-state index contributed by atoms with van der Waals surface area (Å²) < 4.78 is 36.7. The Morgan fingerprint density at radius 2 is 2.24 bits per heavy atom. The predicted molar refractivity (Wildman–Crippen MR) is 121 cm³/mol. The highest BCUT2D eigenvalue weighted by molar-refractivity contribution is 8.13. The van der Waals surface area contributed by atoms with Gasteiger partial charge in [-0.1, -0.05) is 17.8 Å². The average molecular weight is 468 g/mol. The number of nitrogens with zero attached hydrogens (tertiary/aromatic N) is 3. The first-order valence-electron chi connectivity index (χ1n) is 10.5. The molecule has 3 heterocycles. The van der Waals surface area contributed by atoms with Crippen LogP contribution in [0.3, 0.4) is 0 Å². The van der Waals surface area contributed by atoms with Gasteiger partial charge in [0.2, 0.25) is 0 Å². The van der Waals surface area contributed by atoms with E-state index in [1.807, 2.05) is 13.1 Å². The molecule has 2 aromatic rings. The van der Waals surface area contributed by atoms with Gasteiger partial charge in [0.15, 0.2) is 10.7 Å².